The minimum atomic E-state index is -5.26. The number of halogens is 3. The Labute approximate surface area is 143 Å². The number of hydrogen-bond acceptors (Lipinski definition) is 4. The van der Waals surface area contributed by atoms with E-state index in [-0.39, 0.29) is 6.54 Å². The summed E-state index contributed by atoms with van der Waals surface area (Å²) in [5.41, 5.74) is -1.12. The molecule has 0 saturated carbocycles. The van der Waals surface area contributed by atoms with E-state index < -0.39 is 15.5 Å². The number of unbranched alkanes of at least 4 members (excludes halogenated alkanes) is 1. The van der Waals surface area contributed by atoms with Gasteiger partial charge in [-0.25, -0.2) is 18.1 Å². The zero-order chi connectivity index (χ0) is 18.2. The van der Waals surface area contributed by atoms with Crippen LogP contribution in [0.1, 0.15) is 29.9 Å². The number of rotatable bonds is 6. The number of alkyl halides is 3. The molecule has 1 N–H and O–H groups in total. The van der Waals surface area contributed by atoms with Crippen molar-refractivity contribution in [1.29, 1.82) is 0 Å². The third-order valence-corrected chi connectivity index (χ3v) is 5.47. The Morgan fingerprint density at radius 2 is 2.00 bits per heavy atom. The monoisotopic (exact) mass is 376 g/mol. The van der Waals surface area contributed by atoms with E-state index in [4.69, 9.17) is 0 Å². The van der Waals surface area contributed by atoms with E-state index in [1.807, 2.05) is 25.1 Å². The summed E-state index contributed by atoms with van der Waals surface area (Å²) in [4.78, 5) is 6.72. The van der Waals surface area contributed by atoms with Crippen LogP contribution in [0.3, 0.4) is 0 Å². The van der Waals surface area contributed by atoms with E-state index in [0.717, 1.165) is 35.8 Å². The third kappa shape index (κ3) is 3.65. The normalized spacial score (nSPS) is 15.8. The first-order chi connectivity index (χ1) is 11.7. The van der Waals surface area contributed by atoms with Crippen molar-refractivity contribution >= 4 is 15.7 Å². The van der Waals surface area contributed by atoms with Crippen LogP contribution < -0.4 is 4.72 Å². The molecule has 0 saturated heterocycles. The molecule has 1 aliphatic heterocycles. The van der Waals surface area contributed by atoms with Gasteiger partial charge < -0.3 is 0 Å². The topological polar surface area (TPSA) is 66.7 Å². The first-order valence-corrected chi connectivity index (χ1v) is 9.41. The predicted octanol–water partition coefficient (Wildman–Crippen LogP) is 2.18. The molecule has 6 nitrogen and oxygen atoms in total. The number of hydrogen-bond donors (Lipinski definition) is 1. The number of sulfonamides is 1. The van der Waals surface area contributed by atoms with Crippen molar-refractivity contribution in [1.82, 2.24) is 19.0 Å². The van der Waals surface area contributed by atoms with Gasteiger partial charge in [0, 0.05) is 25.3 Å². The summed E-state index contributed by atoms with van der Waals surface area (Å²) in [5.74, 6) is 0. The lowest BCUT2D eigenvalue weighted by molar-refractivity contribution is -0.0447. The summed E-state index contributed by atoms with van der Waals surface area (Å²) in [7, 11) is -5.24. The lowest BCUT2D eigenvalue weighted by Gasteiger charge is -2.28. The molecule has 0 spiro atoms. The van der Waals surface area contributed by atoms with Crippen LogP contribution in [0.2, 0.25) is 0 Å². The van der Waals surface area contributed by atoms with Crippen LogP contribution in [0.5, 0.6) is 0 Å². The fourth-order valence-corrected chi connectivity index (χ4v) is 3.63. The number of pyridine rings is 1. The van der Waals surface area contributed by atoms with E-state index in [0.29, 0.717) is 19.4 Å². The number of nitrogens with zero attached hydrogens (tertiary/aromatic N) is 3. The van der Waals surface area contributed by atoms with Gasteiger partial charge >= 0.3 is 15.5 Å². The van der Waals surface area contributed by atoms with Crippen molar-refractivity contribution in [2.75, 3.05) is 13.1 Å². The lowest BCUT2D eigenvalue weighted by Crippen LogP contribution is -2.37. The molecule has 1 aliphatic rings. The van der Waals surface area contributed by atoms with Crippen molar-refractivity contribution in [2.24, 2.45) is 0 Å². The average Bonchev–Trinajstić information content (AvgIpc) is 2.84. The molecule has 0 aromatic carbocycles. The van der Waals surface area contributed by atoms with Crippen molar-refractivity contribution in [3.8, 4) is 0 Å². The minimum absolute atomic E-state index is 0.220. The minimum Gasteiger partial charge on any atom is -0.298 e. The van der Waals surface area contributed by atoms with Gasteiger partial charge in [-0.1, -0.05) is 6.07 Å². The predicted molar refractivity (Wildman–Crippen MR) is 86.3 cm³/mol. The smallest absolute Gasteiger partial charge is 0.298 e. The van der Waals surface area contributed by atoms with Crippen LogP contribution in [-0.2, 0) is 23.1 Å². The van der Waals surface area contributed by atoms with E-state index in [9.17, 15) is 21.6 Å². The molecular formula is C15H19F3N4O2S. The summed E-state index contributed by atoms with van der Waals surface area (Å²) in [5, 5.41) is 0. The Kier molecular flexibility index (Phi) is 4.78. The van der Waals surface area contributed by atoms with Crippen molar-refractivity contribution in [3.05, 3.63) is 35.3 Å². The van der Waals surface area contributed by atoms with Gasteiger partial charge in [0.1, 0.15) is 5.65 Å². The maximum atomic E-state index is 12.2. The summed E-state index contributed by atoms with van der Waals surface area (Å²) in [6.45, 7) is 3.87. The third-order valence-electron chi connectivity index (χ3n) is 4.28. The fourth-order valence-electron chi connectivity index (χ4n) is 3.05. The summed E-state index contributed by atoms with van der Waals surface area (Å²) in [6.07, 6.45) is 0.942. The van der Waals surface area contributed by atoms with Crippen LogP contribution in [0.4, 0.5) is 13.2 Å². The van der Waals surface area contributed by atoms with E-state index >= 15 is 0 Å². The molecule has 3 heterocycles. The molecule has 2 aromatic heterocycles. The van der Waals surface area contributed by atoms with Gasteiger partial charge in [0.25, 0.3) is 0 Å². The summed E-state index contributed by atoms with van der Waals surface area (Å²) >= 11 is 0. The molecule has 0 aliphatic carbocycles. The molecular weight excluding hydrogens is 357 g/mol. The second-order valence-electron chi connectivity index (χ2n) is 6.12. The van der Waals surface area contributed by atoms with Crippen LogP contribution in [0.25, 0.3) is 5.65 Å². The Bertz CT molecular complexity index is 877. The maximum Gasteiger partial charge on any atom is 0.511 e. The van der Waals surface area contributed by atoms with E-state index in [1.54, 1.807) is 4.72 Å². The van der Waals surface area contributed by atoms with Crippen molar-refractivity contribution in [3.63, 3.8) is 0 Å². The summed E-state index contributed by atoms with van der Waals surface area (Å²) in [6, 6.07) is 5.94. The fraction of sp³-hybridized carbons (Fsp3) is 0.533. The van der Waals surface area contributed by atoms with Gasteiger partial charge in [-0.05, 0) is 38.4 Å². The second kappa shape index (κ2) is 6.58. The van der Waals surface area contributed by atoms with Crippen LogP contribution >= 0.6 is 0 Å². The van der Waals surface area contributed by atoms with Crippen LogP contribution in [0, 0.1) is 6.92 Å². The zero-order valence-electron chi connectivity index (χ0n) is 13.7. The van der Waals surface area contributed by atoms with Crippen LogP contribution in [0.15, 0.2) is 18.2 Å². The van der Waals surface area contributed by atoms with Gasteiger partial charge in [0.05, 0.1) is 11.4 Å². The molecule has 0 radical (unpaired) electrons. The molecule has 0 bridgehead atoms. The Hall–Kier alpha value is -1.65. The van der Waals surface area contributed by atoms with Gasteiger partial charge in [-0.15, -0.1) is 0 Å². The zero-order valence-corrected chi connectivity index (χ0v) is 14.5. The van der Waals surface area contributed by atoms with Crippen molar-refractivity contribution < 1.29 is 21.6 Å². The Morgan fingerprint density at radius 1 is 1.24 bits per heavy atom. The number of nitrogens with one attached hydrogen (secondary N) is 1. The average molecular weight is 376 g/mol. The lowest BCUT2D eigenvalue weighted by atomic mass is 10.2. The standard InChI is InChI=1S/C15H19F3N4O2S/c1-11-13-10-21(9-12-5-4-6-14(20-11)22(12)13)8-3-2-7-19-25(23,24)15(16,17)18/h4-6,19H,2-3,7-10H2,1H3. The first kappa shape index (κ1) is 18.2. The largest absolute Gasteiger partial charge is 0.511 e. The van der Waals surface area contributed by atoms with Gasteiger partial charge in [-0.3, -0.25) is 9.30 Å². The number of aromatic nitrogens is 2. The molecule has 138 valence electrons. The molecule has 2 aromatic rings. The van der Waals surface area contributed by atoms with E-state index in [2.05, 4.69) is 14.3 Å². The van der Waals surface area contributed by atoms with Gasteiger partial charge in [-0.2, -0.15) is 13.2 Å². The Balaban J connectivity index is 1.52. The quantitative estimate of drug-likeness (QED) is 0.785. The highest BCUT2D eigenvalue weighted by Crippen LogP contribution is 2.24. The molecule has 3 rings (SSSR count). The molecule has 25 heavy (non-hydrogen) atoms. The van der Waals surface area contributed by atoms with E-state index in [1.165, 1.54) is 0 Å². The SMILES string of the molecule is Cc1nc2cccc3n2c1CN(CCCCNS(=O)(=O)C(F)(F)F)C3. The van der Waals surface area contributed by atoms with Gasteiger partial charge in [0.15, 0.2) is 0 Å². The molecule has 0 amide bonds. The van der Waals surface area contributed by atoms with Gasteiger partial charge in [0.2, 0.25) is 0 Å². The second-order valence-corrected chi connectivity index (χ2v) is 7.87. The highest BCUT2D eigenvalue weighted by molar-refractivity contribution is 7.90. The highest BCUT2D eigenvalue weighted by Gasteiger charge is 2.45. The molecule has 0 unspecified atom stereocenters. The Morgan fingerprint density at radius 3 is 2.72 bits per heavy atom. The summed E-state index contributed by atoms with van der Waals surface area (Å²) < 4.78 is 62.2. The highest BCUT2D eigenvalue weighted by atomic mass is 32.2. The maximum absolute atomic E-state index is 12.2. The molecule has 0 atom stereocenters. The van der Waals surface area contributed by atoms with Crippen LogP contribution in [-0.4, -0.2) is 41.3 Å². The van der Waals surface area contributed by atoms with Crippen molar-refractivity contribution in [2.45, 2.75) is 38.4 Å². The first-order valence-electron chi connectivity index (χ1n) is 7.93. The molecule has 10 heteroatoms. The number of imidazole rings is 1. The number of aryl methyl sites for hydroxylation is 1. The molecule has 0 fully saturated rings.